The third kappa shape index (κ3) is 3.22. The summed E-state index contributed by atoms with van der Waals surface area (Å²) in [5.41, 5.74) is 1.22. The van der Waals surface area contributed by atoms with Crippen LogP contribution in [0.25, 0.3) is 0 Å². The SMILES string of the molecule is OC[C@@H]1CN(CCF)CC[C@H]1c1ccc(Cl)cc1. The monoisotopic (exact) mass is 271 g/mol. The predicted molar refractivity (Wildman–Crippen MR) is 71.8 cm³/mol. The number of hydrogen-bond donors (Lipinski definition) is 1. The minimum atomic E-state index is -0.316. The zero-order chi connectivity index (χ0) is 13.0. The van der Waals surface area contributed by atoms with Crippen LogP contribution < -0.4 is 0 Å². The molecule has 1 aliphatic rings. The highest BCUT2D eigenvalue weighted by Gasteiger charge is 2.29. The lowest BCUT2D eigenvalue weighted by Gasteiger charge is -2.37. The summed E-state index contributed by atoms with van der Waals surface area (Å²) < 4.78 is 12.4. The van der Waals surface area contributed by atoms with Crippen LogP contribution in [-0.2, 0) is 0 Å². The van der Waals surface area contributed by atoms with Gasteiger partial charge >= 0.3 is 0 Å². The van der Waals surface area contributed by atoms with E-state index >= 15 is 0 Å². The summed E-state index contributed by atoms with van der Waals surface area (Å²) in [6, 6.07) is 7.83. The van der Waals surface area contributed by atoms with Gasteiger partial charge in [0.2, 0.25) is 0 Å². The maximum atomic E-state index is 12.4. The maximum Gasteiger partial charge on any atom is 0.102 e. The second-order valence-corrected chi connectivity index (χ2v) is 5.32. The van der Waals surface area contributed by atoms with E-state index < -0.39 is 0 Å². The van der Waals surface area contributed by atoms with E-state index in [1.807, 2.05) is 24.3 Å². The summed E-state index contributed by atoms with van der Waals surface area (Å²) in [5, 5.41) is 10.2. The number of aliphatic hydroxyl groups excluding tert-OH is 1. The van der Waals surface area contributed by atoms with Crippen LogP contribution in [0.2, 0.25) is 5.02 Å². The van der Waals surface area contributed by atoms with E-state index in [9.17, 15) is 9.50 Å². The second-order valence-electron chi connectivity index (χ2n) is 4.88. The highest BCUT2D eigenvalue weighted by atomic mass is 35.5. The Labute approximate surface area is 112 Å². The molecule has 0 spiro atoms. The van der Waals surface area contributed by atoms with Crippen molar-refractivity contribution in [1.29, 1.82) is 0 Å². The molecule has 18 heavy (non-hydrogen) atoms. The first-order valence-electron chi connectivity index (χ1n) is 6.39. The Balaban J connectivity index is 2.06. The minimum Gasteiger partial charge on any atom is -0.396 e. The Morgan fingerprint density at radius 3 is 2.67 bits per heavy atom. The van der Waals surface area contributed by atoms with Crippen molar-refractivity contribution in [1.82, 2.24) is 4.90 Å². The molecule has 1 N–H and O–H groups in total. The molecule has 0 aliphatic carbocycles. The summed E-state index contributed by atoms with van der Waals surface area (Å²) in [6.07, 6.45) is 0.965. The van der Waals surface area contributed by atoms with E-state index in [1.165, 1.54) is 5.56 Å². The standard InChI is InChI=1S/C14H19ClFNO/c15-13-3-1-11(2-4-13)14-5-7-17(8-6-16)9-12(14)10-18/h1-4,12,14,18H,5-10H2/t12-,14-/m0/s1. The van der Waals surface area contributed by atoms with Crippen molar-refractivity contribution < 1.29 is 9.50 Å². The molecule has 100 valence electrons. The Hall–Kier alpha value is -0.640. The second kappa shape index (κ2) is 6.50. The van der Waals surface area contributed by atoms with Crippen molar-refractivity contribution in [2.24, 2.45) is 5.92 Å². The average molecular weight is 272 g/mol. The van der Waals surface area contributed by atoms with Crippen LogP contribution >= 0.6 is 11.6 Å². The van der Waals surface area contributed by atoms with Gasteiger partial charge in [-0.15, -0.1) is 0 Å². The van der Waals surface area contributed by atoms with Crippen molar-refractivity contribution in [2.45, 2.75) is 12.3 Å². The average Bonchev–Trinajstić information content (AvgIpc) is 2.40. The molecular weight excluding hydrogens is 253 g/mol. The van der Waals surface area contributed by atoms with Crippen molar-refractivity contribution in [3.63, 3.8) is 0 Å². The summed E-state index contributed by atoms with van der Waals surface area (Å²) in [5.74, 6) is 0.537. The van der Waals surface area contributed by atoms with Crippen molar-refractivity contribution in [3.8, 4) is 0 Å². The number of alkyl halides is 1. The lowest BCUT2D eigenvalue weighted by molar-refractivity contribution is 0.0973. The van der Waals surface area contributed by atoms with Gasteiger partial charge in [-0.25, -0.2) is 4.39 Å². The number of likely N-dealkylation sites (tertiary alicyclic amines) is 1. The Morgan fingerprint density at radius 1 is 1.33 bits per heavy atom. The van der Waals surface area contributed by atoms with Crippen LogP contribution in [0.15, 0.2) is 24.3 Å². The topological polar surface area (TPSA) is 23.5 Å². The lowest BCUT2D eigenvalue weighted by Crippen LogP contribution is -2.41. The molecule has 2 rings (SSSR count). The molecule has 2 nitrogen and oxygen atoms in total. The van der Waals surface area contributed by atoms with Gasteiger partial charge in [0.15, 0.2) is 0 Å². The number of aliphatic hydroxyl groups is 1. The molecule has 0 radical (unpaired) electrons. The summed E-state index contributed by atoms with van der Waals surface area (Å²) >= 11 is 5.89. The van der Waals surface area contributed by atoms with Gasteiger partial charge in [0, 0.05) is 30.6 Å². The molecule has 2 atom stereocenters. The zero-order valence-electron chi connectivity index (χ0n) is 10.4. The lowest BCUT2D eigenvalue weighted by atomic mass is 9.81. The van der Waals surface area contributed by atoms with Gasteiger partial charge in [-0.1, -0.05) is 23.7 Å². The first kappa shape index (κ1) is 13.8. The molecule has 0 saturated carbocycles. The zero-order valence-corrected chi connectivity index (χ0v) is 11.1. The fourth-order valence-electron chi connectivity index (χ4n) is 2.76. The molecule has 1 fully saturated rings. The normalized spacial score (nSPS) is 25.3. The fraction of sp³-hybridized carbons (Fsp3) is 0.571. The van der Waals surface area contributed by atoms with Crippen LogP contribution in [0, 0.1) is 5.92 Å². The Morgan fingerprint density at radius 2 is 2.06 bits per heavy atom. The molecule has 0 aromatic heterocycles. The highest BCUT2D eigenvalue weighted by Crippen LogP contribution is 2.33. The summed E-state index contributed by atoms with van der Waals surface area (Å²) in [7, 11) is 0. The molecule has 1 heterocycles. The smallest absolute Gasteiger partial charge is 0.102 e. The molecule has 0 amide bonds. The van der Waals surface area contributed by atoms with Gasteiger partial charge in [0.1, 0.15) is 6.67 Å². The van der Waals surface area contributed by atoms with Gasteiger partial charge in [-0.05, 0) is 36.6 Å². The van der Waals surface area contributed by atoms with Gasteiger partial charge in [-0.2, -0.15) is 0 Å². The predicted octanol–water partition coefficient (Wildman–Crippen LogP) is 2.71. The molecule has 1 aromatic rings. The molecule has 1 saturated heterocycles. The van der Waals surface area contributed by atoms with Crippen molar-refractivity contribution in [2.75, 3.05) is 32.9 Å². The molecular formula is C14H19ClFNO. The van der Waals surface area contributed by atoms with Crippen molar-refractivity contribution >= 4 is 11.6 Å². The molecule has 4 heteroatoms. The summed E-state index contributed by atoms with van der Waals surface area (Å²) in [4.78, 5) is 2.09. The number of halogens is 2. The van der Waals surface area contributed by atoms with Crippen LogP contribution in [0.4, 0.5) is 4.39 Å². The Bertz CT molecular complexity index is 371. The van der Waals surface area contributed by atoms with Crippen LogP contribution in [0.5, 0.6) is 0 Å². The molecule has 0 unspecified atom stereocenters. The van der Waals surface area contributed by atoms with E-state index in [1.54, 1.807) is 0 Å². The van der Waals surface area contributed by atoms with Gasteiger partial charge in [0.25, 0.3) is 0 Å². The van der Waals surface area contributed by atoms with Gasteiger partial charge < -0.3 is 10.0 Å². The number of benzene rings is 1. The van der Waals surface area contributed by atoms with Crippen LogP contribution in [-0.4, -0.2) is 42.9 Å². The van der Waals surface area contributed by atoms with Crippen LogP contribution in [0.3, 0.4) is 0 Å². The molecule has 0 bridgehead atoms. The quantitative estimate of drug-likeness (QED) is 0.910. The highest BCUT2D eigenvalue weighted by molar-refractivity contribution is 6.30. The first-order chi connectivity index (χ1) is 8.74. The minimum absolute atomic E-state index is 0.149. The fourth-order valence-corrected chi connectivity index (χ4v) is 2.89. The maximum absolute atomic E-state index is 12.4. The Kier molecular flexibility index (Phi) is 4.98. The summed E-state index contributed by atoms with van der Waals surface area (Å²) in [6.45, 7) is 1.98. The van der Waals surface area contributed by atoms with Crippen LogP contribution in [0.1, 0.15) is 17.9 Å². The number of hydrogen-bond acceptors (Lipinski definition) is 2. The van der Waals surface area contributed by atoms with Gasteiger partial charge in [0.05, 0.1) is 0 Å². The van der Waals surface area contributed by atoms with E-state index in [-0.39, 0.29) is 19.2 Å². The van der Waals surface area contributed by atoms with Gasteiger partial charge in [-0.3, -0.25) is 0 Å². The third-order valence-corrected chi connectivity index (χ3v) is 4.00. The third-order valence-electron chi connectivity index (χ3n) is 3.75. The largest absolute Gasteiger partial charge is 0.396 e. The van der Waals surface area contributed by atoms with E-state index in [2.05, 4.69) is 4.90 Å². The van der Waals surface area contributed by atoms with E-state index in [4.69, 9.17) is 11.6 Å². The van der Waals surface area contributed by atoms with Crippen molar-refractivity contribution in [3.05, 3.63) is 34.9 Å². The number of piperidine rings is 1. The first-order valence-corrected chi connectivity index (χ1v) is 6.77. The molecule has 1 aliphatic heterocycles. The number of rotatable bonds is 4. The molecule has 1 aromatic carbocycles. The number of nitrogens with zero attached hydrogens (tertiary/aromatic N) is 1. The van der Waals surface area contributed by atoms with E-state index in [0.717, 1.165) is 24.5 Å². The van der Waals surface area contributed by atoms with E-state index in [0.29, 0.717) is 12.5 Å².